The van der Waals surface area contributed by atoms with Crippen LogP contribution < -0.4 is 11.1 Å². The van der Waals surface area contributed by atoms with Crippen LogP contribution in [0.25, 0.3) is 0 Å². The van der Waals surface area contributed by atoms with E-state index in [1.165, 1.54) is 5.56 Å². The van der Waals surface area contributed by atoms with Crippen molar-refractivity contribution in [3.8, 4) is 0 Å². The average molecular weight is 289 g/mol. The Hall–Kier alpha value is -2.04. The van der Waals surface area contributed by atoms with Gasteiger partial charge in [0.25, 0.3) is 5.91 Å². The molecule has 0 saturated heterocycles. The topological polar surface area (TPSA) is 87.7 Å². The predicted octanol–water partition coefficient (Wildman–Crippen LogP) is 2.24. The number of benzene rings is 1. The molecule has 1 aromatic rings. The summed E-state index contributed by atoms with van der Waals surface area (Å²) in [6.07, 6.45) is 1.98. The molecule has 0 bridgehead atoms. The van der Waals surface area contributed by atoms with Gasteiger partial charge in [0.1, 0.15) is 0 Å². The lowest BCUT2D eigenvalue weighted by Crippen LogP contribution is -2.46. The quantitative estimate of drug-likeness (QED) is 0.344. The van der Waals surface area contributed by atoms with Gasteiger partial charge in [-0.15, -0.1) is 0 Å². The number of nitrogens with zero attached hydrogens (tertiary/aromatic N) is 1. The van der Waals surface area contributed by atoms with Crippen LogP contribution in [0.3, 0.4) is 0 Å². The monoisotopic (exact) mass is 289 g/mol. The number of hydrogen-bond acceptors (Lipinski definition) is 3. The van der Waals surface area contributed by atoms with E-state index in [0.717, 1.165) is 12.8 Å². The van der Waals surface area contributed by atoms with Crippen molar-refractivity contribution in [3.63, 3.8) is 0 Å². The van der Waals surface area contributed by atoms with Gasteiger partial charge in [-0.2, -0.15) is 0 Å². The number of carbonyl (C=O) groups excluding carboxylic acids is 1. The van der Waals surface area contributed by atoms with Gasteiger partial charge in [0.2, 0.25) is 0 Å². The van der Waals surface area contributed by atoms with Gasteiger partial charge in [0.15, 0.2) is 5.84 Å². The maximum atomic E-state index is 12.3. The fraction of sp³-hybridized carbons (Fsp3) is 0.500. The Morgan fingerprint density at radius 3 is 2.33 bits per heavy atom. The summed E-state index contributed by atoms with van der Waals surface area (Å²) in [5, 5.41) is 14.7. The van der Waals surface area contributed by atoms with Crippen molar-refractivity contribution in [2.45, 2.75) is 45.1 Å². The van der Waals surface area contributed by atoms with E-state index in [4.69, 9.17) is 10.9 Å². The third-order valence-corrected chi connectivity index (χ3v) is 3.83. The van der Waals surface area contributed by atoms with Gasteiger partial charge < -0.3 is 16.3 Å². The van der Waals surface area contributed by atoms with Gasteiger partial charge in [-0.1, -0.05) is 38.1 Å². The summed E-state index contributed by atoms with van der Waals surface area (Å²) in [4.78, 5) is 12.3. The first kappa shape index (κ1) is 15.4. The Morgan fingerprint density at radius 2 is 1.90 bits per heavy atom. The van der Waals surface area contributed by atoms with Gasteiger partial charge >= 0.3 is 0 Å². The highest BCUT2D eigenvalue weighted by molar-refractivity contribution is 5.98. The first-order valence-electron chi connectivity index (χ1n) is 7.21. The zero-order valence-electron chi connectivity index (χ0n) is 12.8. The van der Waals surface area contributed by atoms with Crippen molar-refractivity contribution in [2.75, 3.05) is 0 Å². The molecular weight excluding hydrogens is 266 g/mol. The number of hydrogen-bond donors (Lipinski definition) is 3. The highest BCUT2D eigenvalue weighted by Crippen LogP contribution is 2.33. The van der Waals surface area contributed by atoms with E-state index in [0.29, 0.717) is 5.56 Å². The normalized spacial score (nSPS) is 17.4. The molecule has 0 aliphatic heterocycles. The van der Waals surface area contributed by atoms with Crippen molar-refractivity contribution in [2.24, 2.45) is 16.8 Å². The first-order chi connectivity index (χ1) is 9.82. The summed E-state index contributed by atoms with van der Waals surface area (Å²) in [5.74, 6) is 0.148. The zero-order valence-corrected chi connectivity index (χ0v) is 12.8. The second kappa shape index (κ2) is 5.76. The third-order valence-electron chi connectivity index (χ3n) is 3.83. The fourth-order valence-corrected chi connectivity index (χ4v) is 2.27. The van der Waals surface area contributed by atoms with E-state index in [1.54, 1.807) is 0 Å². The van der Waals surface area contributed by atoms with Gasteiger partial charge in [-0.05, 0) is 41.9 Å². The van der Waals surface area contributed by atoms with Crippen LogP contribution >= 0.6 is 0 Å². The Kier molecular flexibility index (Phi) is 4.21. The van der Waals surface area contributed by atoms with Crippen molar-refractivity contribution in [1.29, 1.82) is 0 Å². The molecule has 0 spiro atoms. The largest absolute Gasteiger partial charge is 0.409 e. The molecule has 1 unspecified atom stereocenters. The van der Waals surface area contributed by atoms with E-state index < -0.39 is 0 Å². The van der Waals surface area contributed by atoms with E-state index in [1.807, 2.05) is 24.3 Å². The summed E-state index contributed by atoms with van der Waals surface area (Å²) in [6.45, 7) is 6.39. The van der Waals surface area contributed by atoms with Crippen LogP contribution in [-0.2, 0) is 5.41 Å². The van der Waals surface area contributed by atoms with Gasteiger partial charge in [-0.25, -0.2) is 0 Å². The van der Waals surface area contributed by atoms with Crippen LogP contribution in [0.2, 0.25) is 0 Å². The van der Waals surface area contributed by atoms with Crippen LogP contribution in [0.15, 0.2) is 29.4 Å². The predicted molar refractivity (Wildman–Crippen MR) is 82.5 cm³/mol. The van der Waals surface area contributed by atoms with E-state index in [9.17, 15) is 4.79 Å². The molecule has 5 nitrogen and oxygen atoms in total. The van der Waals surface area contributed by atoms with Crippen molar-refractivity contribution >= 4 is 11.7 Å². The number of rotatable bonds is 4. The number of oxime groups is 1. The van der Waals surface area contributed by atoms with Gasteiger partial charge in [0, 0.05) is 5.56 Å². The minimum absolute atomic E-state index is 0.0551. The Labute approximate surface area is 125 Å². The molecule has 0 heterocycles. The maximum absolute atomic E-state index is 12.3. The molecule has 5 heteroatoms. The molecule has 2 rings (SSSR count). The van der Waals surface area contributed by atoms with Gasteiger partial charge in [-0.3, -0.25) is 4.79 Å². The van der Waals surface area contributed by atoms with Crippen LogP contribution in [0.4, 0.5) is 0 Å². The molecule has 0 aromatic heterocycles. The zero-order chi connectivity index (χ0) is 15.6. The average Bonchev–Trinajstić information content (AvgIpc) is 3.27. The van der Waals surface area contributed by atoms with Crippen LogP contribution in [0, 0.1) is 5.92 Å². The molecule has 1 atom stereocenters. The summed E-state index contributed by atoms with van der Waals surface area (Å²) < 4.78 is 0. The summed E-state index contributed by atoms with van der Waals surface area (Å²) in [6, 6.07) is 7.16. The molecular formula is C16H23N3O2. The van der Waals surface area contributed by atoms with E-state index in [2.05, 4.69) is 31.2 Å². The maximum Gasteiger partial charge on any atom is 0.251 e. The Bertz CT molecular complexity index is 540. The number of nitrogens with one attached hydrogen (secondary N) is 1. The van der Waals surface area contributed by atoms with Crippen LogP contribution in [0.1, 0.15) is 49.5 Å². The Morgan fingerprint density at radius 1 is 1.33 bits per heavy atom. The number of carbonyl (C=O) groups is 1. The molecule has 1 amide bonds. The lowest BCUT2D eigenvalue weighted by atomic mass is 9.86. The standard InChI is InChI=1S/C16H23N3O2/c1-16(2,3)12-8-6-11(7-9-12)15(20)18-13(10-4-5-10)14(17)19-21/h6-10,13,21H,4-5H2,1-3H3,(H2,17,19)(H,18,20). The van der Waals surface area contributed by atoms with E-state index >= 15 is 0 Å². The molecule has 1 aromatic carbocycles. The van der Waals surface area contributed by atoms with Gasteiger partial charge in [0.05, 0.1) is 6.04 Å². The highest BCUT2D eigenvalue weighted by Gasteiger charge is 2.35. The van der Waals surface area contributed by atoms with Crippen molar-refractivity contribution in [1.82, 2.24) is 5.32 Å². The minimum atomic E-state index is -0.384. The lowest BCUT2D eigenvalue weighted by molar-refractivity contribution is 0.0943. The van der Waals surface area contributed by atoms with E-state index in [-0.39, 0.29) is 29.1 Å². The lowest BCUT2D eigenvalue weighted by Gasteiger charge is -2.20. The number of nitrogens with two attached hydrogens (primary N) is 1. The fourth-order valence-electron chi connectivity index (χ4n) is 2.27. The number of amides is 1. The molecule has 0 radical (unpaired) electrons. The Balaban J connectivity index is 2.09. The SMILES string of the molecule is CC(C)(C)c1ccc(C(=O)NC(C(N)=NO)C2CC2)cc1. The van der Waals surface area contributed by atoms with Crippen LogP contribution in [0.5, 0.6) is 0 Å². The second-order valence-electron chi connectivity index (χ2n) is 6.64. The molecule has 4 N–H and O–H groups in total. The van der Waals surface area contributed by atoms with Crippen LogP contribution in [-0.4, -0.2) is 23.0 Å². The van der Waals surface area contributed by atoms with Crippen molar-refractivity contribution < 1.29 is 10.0 Å². The molecule has 114 valence electrons. The smallest absolute Gasteiger partial charge is 0.251 e. The molecule has 1 aliphatic rings. The third kappa shape index (κ3) is 3.74. The number of amidine groups is 1. The second-order valence-corrected chi connectivity index (χ2v) is 6.64. The summed E-state index contributed by atoms with van der Waals surface area (Å²) in [7, 11) is 0. The van der Waals surface area contributed by atoms with Crippen molar-refractivity contribution in [3.05, 3.63) is 35.4 Å². The molecule has 21 heavy (non-hydrogen) atoms. The minimum Gasteiger partial charge on any atom is -0.409 e. The summed E-state index contributed by atoms with van der Waals surface area (Å²) in [5.41, 5.74) is 7.46. The molecule has 1 fully saturated rings. The molecule has 1 aliphatic carbocycles. The summed E-state index contributed by atoms with van der Waals surface area (Å²) >= 11 is 0. The first-order valence-corrected chi connectivity index (χ1v) is 7.21. The molecule has 1 saturated carbocycles. The highest BCUT2D eigenvalue weighted by atomic mass is 16.4.